The Morgan fingerprint density at radius 3 is 2.34 bits per heavy atom. The number of ether oxygens (including phenoxy) is 4. The summed E-state index contributed by atoms with van der Waals surface area (Å²) in [6.45, 7) is 18.0. The summed E-state index contributed by atoms with van der Waals surface area (Å²) in [5.74, 6) is -0.197. The first-order valence-corrected chi connectivity index (χ1v) is 14.6. The summed E-state index contributed by atoms with van der Waals surface area (Å²) in [5, 5.41) is 11.8. The van der Waals surface area contributed by atoms with Crippen LogP contribution in [0, 0.1) is 5.92 Å². The molecular formula is C34H42O7. The van der Waals surface area contributed by atoms with Crippen LogP contribution in [-0.2, 0) is 26.1 Å². The first kappa shape index (κ1) is 28.2. The number of phenols is 1. The Hall–Kier alpha value is -2.90. The van der Waals surface area contributed by atoms with Crippen molar-refractivity contribution >= 4 is 11.6 Å². The molecule has 41 heavy (non-hydrogen) atoms. The van der Waals surface area contributed by atoms with Crippen LogP contribution in [0.3, 0.4) is 0 Å². The molecule has 6 aliphatic rings. The SMILES string of the molecule is CO[C@]12C=C3C(=O)c4c(O)c(CC=C(C)C)c5c(c4O[C@]34[C@@H](C1)C(C)(C)O[C@]4(CC=C(C)C)C2=O)C(C)(C)[C@H](C)O5. The summed E-state index contributed by atoms with van der Waals surface area (Å²) in [7, 11) is 1.51. The van der Waals surface area contributed by atoms with Gasteiger partial charge in [0.15, 0.2) is 17.0 Å². The highest BCUT2D eigenvalue weighted by Crippen LogP contribution is 2.70. The largest absolute Gasteiger partial charge is 0.507 e. The maximum Gasteiger partial charge on any atom is 0.205 e. The van der Waals surface area contributed by atoms with E-state index in [4.69, 9.17) is 18.9 Å². The second kappa shape index (κ2) is 8.35. The van der Waals surface area contributed by atoms with Crippen LogP contribution in [0.15, 0.2) is 34.9 Å². The normalized spacial score (nSPS) is 34.6. The molecule has 1 aromatic rings. The predicted molar refractivity (Wildman–Crippen MR) is 155 cm³/mol. The minimum Gasteiger partial charge on any atom is -0.507 e. The van der Waals surface area contributed by atoms with E-state index in [-0.39, 0.29) is 41.3 Å². The Labute approximate surface area is 242 Å². The van der Waals surface area contributed by atoms with E-state index in [1.54, 1.807) is 6.08 Å². The smallest absolute Gasteiger partial charge is 0.205 e. The number of fused-ring (bicyclic) bond motifs is 3. The van der Waals surface area contributed by atoms with Crippen molar-refractivity contribution < 1.29 is 33.6 Å². The van der Waals surface area contributed by atoms with Gasteiger partial charge in [-0.2, -0.15) is 0 Å². The summed E-state index contributed by atoms with van der Waals surface area (Å²) in [5.41, 5.74) is -1.60. The Morgan fingerprint density at radius 1 is 1.07 bits per heavy atom. The van der Waals surface area contributed by atoms with Gasteiger partial charge in [0, 0.05) is 41.6 Å². The highest BCUT2D eigenvalue weighted by Gasteiger charge is 2.84. The Morgan fingerprint density at radius 2 is 1.73 bits per heavy atom. The highest BCUT2D eigenvalue weighted by atomic mass is 16.6. The maximum absolute atomic E-state index is 14.8. The number of aromatic hydroxyl groups is 1. The molecule has 7 nitrogen and oxygen atoms in total. The number of carbonyl (C=O) groups is 2. The highest BCUT2D eigenvalue weighted by molar-refractivity contribution is 6.20. The molecule has 5 atom stereocenters. The van der Waals surface area contributed by atoms with Gasteiger partial charge in [0.2, 0.25) is 5.78 Å². The standard InChI is InChI=1S/C34H42O7/c1-17(2)11-12-20-25(35)23-26(36)21-15-32(38-10)16-22-31(8,9)41-33(29(32)37,14-13-18(3)4)34(21,22)40-28(23)24-27(20)39-19(5)30(24,6)7/h11,13,15,19,22,35H,12,14,16H2,1-10H3/t19-,22-,32+,33+,34-/m0/s1. The number of ketones is 2. The molecule has 7 heteroatoms. The van der Waals surface area contributed by atoms with Crippen LogP contribution in [0.4, 0.5) is 0 Å². The van der Waals surface area contributed by atoms with E-state index in [1.165, 1.54) is 7.11 Å². The van der Waals surface area contributed by atoms with Gasteiger partial charge in [0.25, 0.3) is 0 Å². The molecule has 1 N–H and O–H groups in total. The van der Waals surface area contributed by atoms with Crippen LogP contribution in [0.2, 0.25) is 0 Å². The van der Waals surface area contributed by atoms with Crippen molar-refractivity contribution in [1.29, 1.82) is 0 Å². The van der Waals surface area contributed by atoms with Crippen LogP contribution in [0.5, 0.6) is 17.2 Å². The van der Waals surface area contributed by atoms with Crippen LogP contribution >= 0.6 is 0 Å². The van der Waals surface area contributed by atoms with E-state index in [1.807, 2.05) is 60.6 Å². The summed E-state index contributed by atoms with van der Waals surface area (Å²) in [6, 6.07) is 0. The lowest BCUT2D eigenvalue weighted by molar-refractivity contribution is -0.190. The molecular weight excluding hydrogens is 520 g/mol. The minimum atomic E-state index is -1.48. The van der Waals surface area contributed by atoms with E-state index in [9.17, 15) is 14.7 Å². The molecule has 3 aliphatic carbocycles. The van der Waals surface area contributed by atoms with Gasteiger partial charge in [0.05, 0.1) is 5.60 Å². The Kier molecular flexibility index (Phi) is 5.75. The third-order valence-electron chi connectivity index (χ3n) is 10.4. The van der Waals surface area contributed by atoms with Crippen molar-refractivity contribution in [2.45, 2.75) is 115 Å². The van der Waals surface area contributed by atoms with Crippen molar-refractivity contribution in [1.82, 2.24) is 0 Å². The molecule has 220 valence electrons. The average molecular weight is 563 g/mol. The molecule has 0 unspecified atom stereocenters. The van der Waals surface area contributed by atoms with E-state index in [0.717, 1.165) is 16.7 Å². The first-order chi connectivity index (χ1) is 19.0. The van der Waals surface area contributed by atoms with Crippen LogP contribution in [-0.4, -0.2) is 52.3 Å². The number of methoxy groups -OCH3 is 1. The molecule has 0 aromatic heterocycles. The fraction of sp³-hybridized carbons (Fsp3) is 0.588. The summed E-state index contributed by atoms with van der Waals surface area (Å²) < 4.78 is 26.4. The van der Waals surface area contributed by atoms with Crippen LogP contribution in [0.25, 0.3) is 0 Å². The average Bonchev–Trinajstić information content (AvgIpc) is 3.21. The third-order valence-corrected chi connectivity index (χ3v) is 10.4. The lowest BCUT2D eigenvalue weighted by atomic mass is 9.49. The number of Topliss-reactive ketones (excluding diaryl/α,β-unsaturated/α-hetero) is 2. The van der Waals surface area contributed by atoms with Crippen molar-refractivity contribution in [3.63, 3.8) is 0 Å². The van der Waals surface area contributed by atoms with Gasteiger partial charge in [-0.15, -0.1) is 0 Å². The zero-order valence-corrected chi connectivity index (χ0v) is 25.9. The fourth-order valence-electron chi connectivity index (χ4n) is 7.98. The number of rotatable bonds is 5. The van der Waals surface area contributed by atoms with E-state index in [0.29, 0.717) is 35.5 Å². The van der Waals surface area contributed by atoms with Crippen molar-refractivity contribution in [3.05, 3.63) is 51.6 Å². The molecule has 0 amide bonds. The zero-order valence-electron chi connectivity index (χ0n) is 25.9. The zero-order chi connectivity index (χ0) is 30.1. The van der Waals surface area contributed by atoms with Gasteiger partial charge in [-0.3, -0.25) is 9.59 Å². The molecule has 7 rings (SSSR count). The summed E-state index contributed by atoms with van der Waals surface area (Å²) in [4.78, 5) is 29.4. The molecule has 2 fully saturated rings. The number of hydrogen-bond donors (Lipinski definition) is 1. The Balaban J connectivity index is 1.71. The van der Waals surface area contributed by atoms with E-state index in [2.05, 4.69) is 13.8 Å². The third kappa shape index (κ3) is 3.22. The number of hydrogen-bond acceptors (Lipinski definition) is 7. The summed E-state index contributed by atoms with van der Waals surface area (Å²) in [6.07, 6.45) is 6.41. The Bertz CT molecular complexity index is 1500. The number of phenolic OH excluding ortho intramolecular Hbond substituents is 1. The monoisotopic (exact) mass is 562 g/mol. The molecule has 1 saturated carbocycles. The number of allylic oxidation sites excluding steroid dienone is 3. The second-order valence-electron chi connectivity index (χ2n) is 14.1. The molecule has 3 aliphatic heterocycles. The second-order valence-corrected chi connectivity index (χ2v) is 14.1. The fourth-order valence-corrected chi connectivity index (χ4v) is 7.98. The number of benzene rings is 1. The van der Waals surface area contributed by atoms with Gasteiger partial charge >= 0.3 is 0 Å². The predicted octanol–water partition coefficient (Wildman–Crippen LogP) is 6.09. The maximum atomic E-state index is 14.8. The van der Waals surface area contributed by atoms with Gasteiger partial charge in [0.1, 0.15) is 34.5 Å². The minimum absolute atomic E-state index is 0.129. The van der Waals surface area contributed by atoms with E-state index < -0.39 is 27.8 Å². The molecule has 0 radical (unpaired) electrons. The van der Waals surface area contributed by atoms with E-state index >= 15 is 0 Å². The topological polar surface area (TPSA) is 91.3 Å². The molecule has 3 heterocycles. The van der Waals surface area contributed by atoms with Crippen molar-refractivity contribution in [2.75, 3.05) is 7.11 Å². The van der Waals surface area contributed by atoms with Gasteiger partial charge in [-0.05, 0) is 67.4 Å². The van der Waals surface area contributed by atoms with Crippen LogP contribution < -0.4 is 9.47 Å². The van der Waals surface area contributed by atoms with Crippen LogP contribution in [0.1, 0.15) is 96.6 Å². The van der Waals surface area contributed by atoms with Gasteiger partial charge < -0.3 is 24.1 Å². The van der Waals surface area contributed by atoms with Crippen molar-refractivity contribution in [3.8, 4) is 17.2 Å². The lowest BCUT2D eigenvalue weighted by Gasteiger charge is -2.59. The molecule has 1 spiro atoms. The lowest BCUT2D eigenvalue weighted by Crippen LogP contribution is -2.77. The van der Waals surface area contributed by atoms with Gasteiger partial charge in [-0.1, -0.05) is 37.1 Å². The number of carbonyl (C=O) groups excluding carboxylic acids is 2. The van der Waals surface area contributed by atoms with Gasteiger partial charge in [-0.25, -0.2) is 0 Å². The molecule has 1 aromatic carbocycles. The molecule has 1 saturated heterocycles. The van der Waals surface area contributed by atoms with Crippen molar-refractivity contribution in [2.24, 2.45) is 5.92 Å². The first-order valence-electron chi connectivity index (χ1n) is 14.6. The summed E-state index contributed by atoms with van der Waals surface area (Å²) >= 11 is 0. The molecule has 4 bridgehead atoms. The quantitative estimate of drug-likeness (QED) is 0.434.